The molecule has 0 saturated carbocycles. The molecule has 1 unspecified atom stereocenters. The molecule has 144 valence electrons. The zero-order valence-electron chi connectivity index (χ0n) is 15.0. The van der Waals surface area contributed by atoms with Crippen LogP contribution in [0.25, 0.3) is 0 Å². The third-order valence-electron chi connectivity index (χ3n) is 4.13. The van der Waals surface area contributed by atoms with Crippen LogP contribution >= 0.6 is 22.7 Å². The highest BCUT2D eigenvalue weighted by molar-refractivity contribution is 7.89. The summed E-state index contributed by atoms with van der Waals surface area (Å²) in [5, 5.41) is 12.3. The number of benzene rings is 1. The number of nitrogens with one attached hydrogen (secondary N) is 1. The number of hydrogen-bond acceptors (Lipinski definition) is 6. The third kappa shape index (κ3) is 4.59. The lowest BCUT2D eigenvalue weighted by Gasteiger charge is -2.11. The quantitative estimate of drug-likeness (QED) is 0.575. The van der Waals surface area contributed by atoms with E-state index in [1.807, 2.05) is 42.6 Å². The average molecular weight is 424 g/mol. The van der Waals surface area contributed by atoms with Crippen molar-refractivity contribution in [3.63, 3.8) is 0 Å². The van der Waals surface area contributed by atoms with Crippen LogP contribution in [0.15, 0.2) is 52.7 Å². The van der Waals surface area contributed by atoms with Gasteiger partial charge in [0.1, 0.15) is 16.7 Å². The largest absolute Gasteiger partial charge is 0.495 e. The molecule has 3 aromatic rings. The van der Waals surface area contributed by atoms with Crippen molar-refractivity contribution < 1.29 is 18.3 Å². The van der Waals surface area contributed by atoms with Crippen molar-refractivity contribution >= 4 is 32.7 Å². The maximum Gasteiger partial charge on any atom is 0.244 e. The molecule has 2 aromatic heterocycles. The van der Waals surface area contributed by atoms with E-state index in [-0.39, 0.29) is 11.4 Å². The Morgan fingerprint density at radius 2 is 2.00 bits per heavy atom. The fraction of sp³-hybridized carbons (Fsp3) is 0.263. The summed E-state index contributed by atoms with van der Waals surface area (Å²) >= 11 is 2.88. The molecule has 0 radical (unpaired) electrons. The van der Waals surface area contributed by atoms with Crippen LogP contribution in [0.4, 0.5) is 0 Å². The van der Waals surface area contributed by atoms with Gasteiger partial charge in [-0.05, 0) is 47.7 Å². The fourth-order valence-electron chi connectivity index (χ4n) is 2.62. The molecule has 0 fully saturated rings. The van der Waals surface area contributed by atoms with E-state index in [1.165, 1.54) is 29.8 Å². The van der Waals surface area contributed by atoms with Crippen LogP contribution in [-0.2, 0) is 23.0 Å². The molecule has 8 heteroatoms. The Balaban J connectivity index is 1.75. The molecule has 5 nitrogen and oxygen atoms in total. The van der Waals surface area contributed by atoms with Gasteiger partial charge in [-0.2, -0.15) is 0 Å². The van der Waals surface area contributed by atoms with Gasteiger partial charge in [-0.15, -0.1) is 22.7 Å². The highest BCUT2D eigenvalue weighted by Gasteiger charge is 2.21. The number of aliphatic hydroxyl groups is 1. The SMILES string of the molecule is CCc1ccc(OC)c(S(=O)(=O)NCc2ccc(C(O)c3cccs3)s2)c1. The summed E-state index contributed by atoms with van der Waals surface area (Å²) in [6.07, 6.45) is 0.0585. The Hall–Kier alpha value is -1.71. The van der Waals surface area contributed by atoms with E-state index in [0.717, 1.165) is 26.6 Å². The normalized spacial score (nSPS) is 12.9. The molecule has 0 aliphatic carbocycles. The van der Waals surface area contributed by atoms with Crippen molar-refractivity contribution in [2.75, 3.05) is 7.11 Å². The van der Waals surface area contributed by atoms with E-state index in [1.54, 1.807) is 12.1 Å². The van der Waals surface area contributed by atoms with Gasteiger partial charge in [-0.25, -0.2) is 13.1 Å². The molecular formula is C19H21NO4S3. The highest BCUT2D eigenvalue weighted by Crippen LogP contribution is 2.31. The van der Waals surface area contributed by atoms with Crippen molar-refractivity contribution in [3.8, 4) is 5.75 Å². The minimum absolute atomic E-state index is 0.139. The Bertz CT molecular complexity index is 994. The van der Waals surface area contributed by atoms with Crippen LogP contribution in [0, 0.1) is 0 Å². The van der Waals surface area contributed by atoms with E-state index in [2.05, 4.69) is 4.72 Å². The molecule has 2 heterocycles. The number of rotatable bonds is 8. The number of sulfonamides is 1. The molecule has 2 N–H and O–H groups in total. The molecule has 0 aliphatic heterocycles. The lowest BCUT2D eigenvalue weighted by Crippen LogP contribution is -2.23. The van der Waals surface area contributed by atoms with Gasteiger partial charge >= 0.3 is 0 Å². The maximum absolute atomic E-state index is 12.7. The van der Waals surface area contributed by atoms with Gasteiger partial charge in [-0.1, -0.05) is 19.1 Å². The zero-order chi connectivity index (χ0) is 19.4. The Morgan fingerprint density at radius 1 is 1.19 bits per heavy atom. The zero-order valence-corrected chi connectivity index (χ0v) is 17.5. The molecule has 0 aliphatic rings. The Labute approximate surface area is 167 Å². The number of aliphatic hydroxyl groups excluding tert-OH is 1. The van der Waals surface area contributed by atoms with Crippen molar-refractivity contribution in [3.05, 3.63) is 68.0 Å². The molecule has 0 amide bonds. The van der Waals surface area contributed by atoms with E-state index in [9.17, 15) is 13.5 Å². The lowest BCUT2D eigenvalue weighted by molar-refractivity contribution is 0.228. The molecular weight excluding hydrogens is 402 g/mol. The molecule has 1 aromatic carbocycles. The van der Waals surface area contributed by atoms with Crippen LogP contribution in [-0.4, -0.2) is 20.6 Å². The van der Waals surface area contributed by atoms with Gasteiger partial charge in [0, 0.05) is 21.2 Å². The highest BCUT2D eigenvalue weighted by atomic mass is 32.2. The average Bonchev–Trinajstić information content (AvgIpc) is 3.37. The molecule has 27 heavy (non-hydrogen) atoms. The van der Waals surface area contributed by atoms with Crippen LogP contribution in [0.1, 0.15) is 33.2 Å². The number of aryl methyl sites for hydroxylation is 1. The summed E-state index contributed by atoms with van der Waals surface area (Å²) in [6.45, 7) is 2.13. The first-order valence-corrected chi connectivity index (χ1v) is 11.6. The van der Waals surface area contributed by atoms with Gasteiger partial charge in [0.2, 0.25) is 10.0 Å². The number of ether oxygens (including phenoxy) is 1. The van der Waals surface area contributed by atoms with Crippen LogP contribution in [0.5, 0.6) is 5.75 Å². The summed E-state index contributed by atoms with van der Waals surface area (Å²) in [5.74, 6) is 0.319. The first kappa shape index (κ1) is 20.0. The fourth-order valence-corrected chi connectivity index (χ4v) is 5.69. The molecule has 0 saturated heterocycles. The van der Waals surface area contributed by atoms with Gasteiger partial charge in [0.15, 0.2) is 0 Å². The summed E-state index contributed by atoms with van der Waals surface area (Å²) in [6, 6.07) is 12.6. The summed E-state index contributed by atoms with van der Waals surface area (Å²) in [5.41, 5.74) is 0.925. The number of hydrogen-bond donors (Lipinski definition) is 2. The maximum atomic E-state index is 12.7. The van der Waals surface area contributed by atoms with Crippen molar-refractivity contribution in [2.24, 2.45) is 0 Å². The van der Waals surface area contributed by atoms with Crippen LogP contribution in [0.2, 0.25) is 0 Å². The smallest absolute Gasteiger partial charge is 0.244 e. The molecule has 1 atom stereocenters. The third-order valence-corrected chi connectivity index (χ3v) is 7.61. The second kappa shape index (κ2) is 8.53. The predicted molar refractivity (Wildman–Crippen MR) is 109 cm³/mol. The summed E-state index contributed by atoms with van der Waals surface area (Å²) < 4.78 is 33.3. The van der Waals surface area contributed by atoms with E-state index in [4.69, 9.17) is 4.74 Å². The van der Waals surface area contributed by atoms with Gasteiger partial charge in [0.05, 0.1) is 7.11 Å². The summed E-state index contributed by atoms with van der Waals surface area (Å²) in [7, 11) is -2.26. The van der Waals surface area contributed by atoms with Crippen LogP contribution < -0.4 is 9.46 Å². The summed E-state index contributed by atoms with van der Waals surface area (Å²) in [4.78, 5) is 2.62. The van der Waals surface area contributed by atoms with E-state index < -0.39 is 16.1 Å². The monoisotopic (exact) mass is 423 g/mol. The Kier molecular flexibility index (Phi) is 6.33. The number of thiophene rings is 2. The lowest BCUT2D eigenvalue weighted by atomic mass is 10.2. The van der Waals surface area contributed by atoms with Gasteiger partial charge in [-0.3, -0.25) is 0 Å². The van der Waals surface area contributed by atoms with Gasteiger partial charge in [0.25, 0.3) is 0 Å². The standard InChI is InChI=1S/C19H21NO4S3/c1-3-13-6-8-15(24-2)18(11-13)27(22,23)20-12-14-7-9-17(26-14)19(21)16-5-4-10-25-16/h4-11,19-21H,3,12H2,1-2H3. The number of methoxy groups -OCH3 is 1. The van der Waals surface area contributed by atoms with Crippen LogP contribution in [0.3, 0.4) is 0 Å². The second-order valence-corrected chi connectivity index (χ2v) is 9.80. The predicted octanol–water partition coefficient (Wildman–Crippen LogP) is 3.94. The van der Waals surface area contributed by atoms with Crippen molar-refractivity contribution in [2.45, 2.75) is 30.9 Å². The molecule has 0 bridgehead atoms. The minimum atomic E-state index is -3.72. The topological polar surface area (TPSA) is 75.6 Å². The first-order chi connectivity index (χ1) is 12.9. The Morgan fingerprint density at radius 3 is 2.67 bits per heavy atom. The minimum Gasteiger partial charge on any atom is -0.495 e. The van der Waals surface area contributed by atoms with E-state index in [0.29, 0.717) is 5.75 Å². The molecule has 0 spiro atoms. The van der Waals surface area contributed by atoms with E-state index >= 15 is 0 Å². The molecule has 3 rings (SSSR count). The second-order valence-electron chi connectivity index (χ2n) is 5.89. The van der Waals surface area contributed by atoms with Gasteiger partial charge < -0.3 is 9.84 Å². The van der Waals surface area contributed by atoms with Crippen molar-refractivity contribution in [1.82, 2.24) is 4.72 Å². The first-order valence-electron chi connectivity index (χ1n) is 8.41. The van der Waals surface area contributed by atoms with Crippen molar-refractivity contribution in [1.29, 1.82) is 0 Å².